The van der Waals surface area contributed by atoms with Crippen molar-refractivity contribution in [3.8, 4) is 0 Å². The first-order valence-electron chi connectivity index (χ1n) is 6.26. The van der Waals surface area contributed by atoms with E-state index in [1.165, 1.54) is 16.7 Å². The quantitative estimate of drug-likeness (QED) is 0.822. The normalized spacial score (nSPS) is 10.7. The van der Waals surface area contributed by atoms with Crippen molar-refractivity contribution in [2.75, 3.05) is 6.61 Å². The third kappa shape index (κ3) is 3.95. The Labute approximate surface area is 113 Å². The maximum Gasteiger partial charge on any atom is 0.0719 e. The van der Waals surface area contributed by atoms with Crippen LogP contribution in [-0.4, -0.2) is 6.61 Å². The zero-order valence-corrected chi connectivity index (χ0v) is 11.5. The molecule has 0 spiro atoms. The number of benzene rings is 1. The van der Waals surface area contributed by atoms with Crippen molar-refractivity contribution < 1.29 is 4.74 Å². The van der Waals surface area contributed by atoms with Gasteiger partial charge in [-0.15, -0.1) is 0 Å². The van der Waals surface area contributed by atoms with E-state index < -0.39 is 0 Å². The zero-order chi connectivity index (χ0) is 12.6. The molecule has 0 unspecified atom stereocenters. The summed E-state index contributed by atoms with van der Waals surface area (Å²) in [5, 5.41) is 7.76. The van der Waals surface area contributed by atoms with E-state index in [-0.39, 0.29) is 0 Å². The molecule has 0 aliphatic heterocycles. The van der Waals surface area contributed by atoms with Crippen LogP contribution in [0.2, 0.25) is 0 Å². The molecule has 1 aromatic heterocycles. The predicted molar refractivity (Wildman–Crippen MR) is 76.6 cm³/mol. The van der Waals surface area contributed by atoms with Gasteiger partial charge in [-0.05, 0) is 40.4 Å². The molecule has 0 aliphatic carbocycles. The van der Waals surface area contributed by atoms with Crippen LogP contribution in [-0.2, 0) is 24.4 Å². The number of nitrogens with one attached hydrogen (secondary N) is 1. The van der Waals surface area contributed by atoms with Gasteiger partial charge in [0.1, 0.15) is 0 Å². The Morgan fingerprint density at radius 2 is 1.94 bits per heavy atom. The summed E-state index contributed by atoms with van der Waals surface area (Å²) >= 11 is 1.74. The van der Waals surface area contributed by atoms with Crippen molar-refractivity contribution in [1.29, 1.82) is 0 Å². The van der Waals surface area contributed by atoms with Gasteiger partial charge in [-0.3, -0.25) is 0 Å². The van der Waals surface area contributed by atoms with E-state index in [9.17, 15) is 0 Å². The highest BCUT2D eigenvalue weighted by Crippen LogP contribution is 2.11. The maximum absolute atomic E-state index is 5.49. The Morgan fingerprint density at radius 1 is 1.11 bits per heavy atom. The van der Waals surface area contributed by atoms with Gasteiger partial charge in [0, 0.05) is 19.7 Å². The van der Waals surface area contributed by atoms with Crippen LogP contribution in [0.25, 0.3) is 0 Å². The second-order valence-corrected chi connectivity index (χ2v) is 4.92. The Balaban J connectivity index is 1.87. The van der Waals surface area contributed by atoms with Crippen LogP contribution in [0.15, 0.2) is 41.1 Å². The number of thiophene rings is 1. The molecule has 0 saturated heterocycles. The summed E-state index contributed by atoms with van der Waals surface area (Å²) in [7, 11) is 0. The molecule has 0 saturated carbocycles. The summed E-state index contributed by atoms with van der Waals surface area (Å²) in [5.74, 6) is 0. The monoisotopic (exact) mass is 261 g/mol. The zero-order valence-electron chi connectivity index (χ0n) is 10.7. The first-order chi connectivity index (χ1) is 8.90. The lowest BCUT2D eigenvalue weighted by molar-refractivity contribution is 0.133. The highest BCUT2D eigenvalue weighted by molar-refractivity contribution is 7.07. The Bertz CT molecular complexity index is 453. The first kappa shape index (κ1) is 13.3. The van der Waals surface area contributed by atoms with Crippen LogP contribution >= 0.6 is 11.3 Å². The molecule has 1 N–H and O–H groups in total. The van der Waals surface area contributed by atoms with E-state index in [4.69, 9.17) is 4.74 Å². The molecule has 96 valence electrons. The van der Waals surface area contributed by atoms with Crippen LogP contribution < -0.4 is 5.32 Å². The summed E-state index contributed by atoms with van der Waals surface area (Å²) in [6.45, 7) is 5.30. The minimum Gasteiger partial charge on any atom is -0.377 e. The molecule has 3 heteroatoms. The molecular weight excluding hydrogens is 242 g/mol. The van der Waals surface area contributed by atoms with Crippen molar-refractivity contribution in [2.45, 2.75) is 26.6 Å². The van der Waals surface area contributed by atoms with Crippen LogP contribution in [0.5, 0.6) is 0 Å². The minimum absolute atomic E-state index is 0.701. The van der Waals surface area contributed by atoms with Gasteiger partial charge < -0.3 is 10.1 Å². The first-order valence-corrected chi connectivity index (χ1v) is 7.20. The van der Waals surface area contributed by atoms with Gasteiger partial charge in [-0.25, -0.2) is 0 Å². The van der Waals surface area contributed by atoms with Crippen LogP contribution in [0, 0.1) is 0 Å². The summed E-state index contributed by atoms with van der Waals surface area (Å²) < 4.78 is 5.49. The second-order valence-electron chi connectivity index (χ2n) is 4.14. The third-order valence-electron chi connectivity index (χ3n) is 2.80. The van der Waals surface area contributed by atoms with Gasteiger partial charge in [0.25, 0.3) is 0 Å². The van der Waals surface area contributed by atoms with Gasteiger partial charge in [0.05, 0.1) is 6.61 Å². The molecule has 1 aromatic carbocycles. The standard InChI is InChI=1S/C15H19NOS/c1-2-17-11-15-6-4-3-5-14(15)10-16-9-13-7-8-18-12-13/h3-8,12,16H,2,9-11H2,1H3. The Kier molecular flexibility index (Phi) is 5.39. The van der Waals surface area contributed by atoms with E-state index in [1.54, 1.807) is 11.3 Å². The second kappa shape index (κ2) is 7.31. The molecule has 0 aliphatic rings. The van der Waals surface area contributed by atoms with E-state index in [0.717, 1.165) is 19.7 Å². The lowest BCUT2D eigenvalue weighted by atomic mass is 10.1. The molecule has 0 bridgehead atoms. The van der Waals surface area contributed by atoms with Crippen molar-refractivity contribution in [3.63, 3.8) is 0 Å². The van der Waals surface area contributed by atoms with Crippen molar-refractivity contribution in [1.82, 2.24) is 5.32 Å². The van der Waals surface area contributed by atoms with Gasteiger partial charge in [0.15, 0.2) is 0 Å². The van der Waals surface area contributed by atoms with Crippen molar-refractivity contribution >= 4 is 11.3 Å². The minimum atomic E-state index is 0.701. The molecule has 0 amide bonds. The van der Waals surface area contributed by atoms with Crippen molar-refractivity contribution in [3.05, 3.63) is 57.8 Å². The molecule has 0 radical (unpaired) electrons. The van der Waals surface area contributed by atoms with E-state index in [1.807, 2.05) is 6.92 Å². The summed E-state index contributed by atoms with van der Waals surface area (Å²) in [4.78, 5) is 0. The fourth-order valence-corrected chi connectivity index (χ4v) is 2.49. The predicted octanol–water partition coefficient (Wildman–Crippen LogP) is 3.57. The average Bonchev–Trinajstić information content (AvgIpc) is 2.91. The third-order valence-corrected chi connectivity index (χ3v) is 3.54. The SMILES string of the molecule is CCOCc1ccccc1CNCc1ccsc1. The van der Waals surface area contributed by atoms with Gasteiger partial charge in [-0.2, -0.15) is 11.3 Å². The van der Waals surface area contributed by atoms with Crippen LogP contribution in [0.4, 0.5) is 0 Å². The molecule has 0 atom stereocenters. The highest BCUT2D eigenvalue weighted by Gasteiger charge is 2.01. The van der Waals surface area contributed by atoms with Crippen molar-refractivity contribution in [2.24, 2.45) is 0 Å². The average molecular weight is 261 g/mol. The van der Waals surface area contributed by atoms with E-state index in [2.05, 4.69) is 46.4 Å². The number of hydrogen-bond donors (Lipinski definition) is 1. The number of ether oxygens (including phenoxy) is 1. The number of hydrogen-bond acceptors (Lipinski definition) is 3. The largest absolute Gasteiger partial charge is 0.377 e. The Hall–Kier alpha value is -1.16. The van der Waals surface area contributed by atoms with E-state index in [0.29, 0.717) is 6.61 Å². The maximum atomic E-state index is 5.49. The Morgan fingerprint density at radius 3 is 2.67 bits per heavy atom. The molecule has 2 nitrogen and oxygen atoms in total. The topological polar surface area (TPSA) is 21.3 Å². The summed E-state index contributed by atoms with van der Waals surface area (Å²) in [6.07, 6.45) is 0. The fourth-order valence-electron chi connectivity index (χ4n) is 1.82. The molecule has 1 heterocycles. The summed E-state index contributed by atoms with van der Waals surface area (Å²) in [6, 6.07) is 10.6. The number of rotatable bonds is 7. The van der Waals surface area contributed by atoms with Crippen LogP contribution in [0.1, 0.15) is 23.6 Å². The van der Waals surface area contributed by atoms with Gasteiger partial charge >= 0.3 is 0 Å². The highest BCUT2D eigenvalue weighted by atomic mass is 32.1. The molecule has 18 heavy (non-hydrogen) atoms. The lowest BCUT2D eigenvalue weighted by Crippen LogP contribution is -2.13. The molecule has 2 aromatic rings. The molecule has 2 rings (SSSR count). The van der Waals surface area contributed by atoms with Gasteiger partial charge in [-0.1, -0.05) is 24.3 Å². The summed E-state index contributed by atoms with van der Waals surface area (Å²) in [5.41, 5.74) is 3.95. The fraction of sp³-hybridized carbons (Fsp3) is 0.333. The van der Waals surface area contributed by atoms with Gasteiger partial charge in [0.2, 0.25) is 0 Å². The molecular formula is C15H19NOS. The lowest BCUT2D eigenvalue weighted by Gasteiger charge is -2.10. The smallest absolute Gasteiger partial charge is 0.0719 e. The van der Waals surface area contributed by atoms with Crippen LogP contribution in [0.3, 0.4) is 0 Å². The molecule has 0 fully saturated rings. The van der Waals surface area contributed by atoms with E-state index >= 15 is 0 Å².